The molecule has 3 atom stereocenters. The number of carboxylic acid groups (broad SMARTS) is 2. The van der Waals surface area contributed by atoms with Crippen molar-refractivity contribution in [3.05, 3.63) is 47.5 Å². The third kappa shape index (κ3) is 8.37. The Morgan fingerprint density at radius 1 is 1.13 bits per heavy atom. The lowest BCUT2D eigenvalue weighted by molar-refractivity contribution is -0.183. The minimum Gasteiger partial charge on any atom is -0.481 e. The van der Waals surface area contributed by atoms with Crippen molar-refractivity contribution in [1.82, 2.24) is 0 Å². The fourth-order valence-electron chi connectivity index (χ4n) is 3.58. The summed E-state index contributed by atoms with van der Waals surface area (Å²) in [5.41, 5.74) is -0.0945. The summed E-state index contributed by atoms with van der Waals surface area (Å²) in [4.78, 5) is 33.2. The summed E-state index contributed by atoms with van der Waals surface area (Å²) in [5, 5.41) is 28.8. The fraction of sp³-hybridized carbons (Fsp3) is 0.522. The van der Waals surface area contributed by atoms with Gasteiger partial charge in [-0.2, -0.15) is 0 Å². The Balaban J connectivity index is 2.48. The highest BCUT2D eigenvalue weighted by Gasteiger charge is 2.48. The van der Waals surface area contributed by atoms with Crippen LogP contribution >= 0.6 is 0 Å². The smallest absolute Gasteiger partial charge is 0.340 e. The van der Waals surface area contributed by atoms with Gasteiger partial charge in [0.15, 0.2) is 0 Å². The molecule has 3 unspecified atom stereocenters. The second-order valence-corrected chi connectivity index (χ2v) is 7.81. The zero-order valence-electron chi connectivity index (χ0n) is 17.6. The molecule has 0 aliphatic carbocycles. The Morgan fingerprint density at radius 2 is 1.80 bits per heavy atom. The maximum Gasteiger partial charge on any atom is 0.340 e. The molecule has 0 saturated carbocycles. The van der Waals surface area contributed by atoms with Crippen molar-refractivity contribution in [3.8, 4) is 0 Å². The average molecular weight is 421 g/mol. The molecule has 0 aliphatic heterocycles. The number of hydrogen-bond donors (Lipinski definition) is 3. The standard InChI is InChI=1S/C23H32O7/c1-17(13-18(2)14-19-10-6-4-7-11-19)9-5-3-8-12-20(21(25)26)23(29,22(27)28)15-30-16-24/h4,6-7,10-11,13,16,18,20,29H,3,5,8-9,12,14-15H2,1-2H3,(H,25,26)(H,27,28)/b17-13+. The molecule has 0 amide bonds. The van der Waals surface area contributed by atoms with Gasteiger partial charge in [-0.15, -0.1) is 0 Å². The van der Waals surface area contributed by atoms with E-state index < -0.39 is 30.1 Å². The van der Waals surface area contributed by atoms with Crippen molar-refractivity contribution in [2.24, 2.45) is 11.8 Å². The first-order valence-electron chi connectivity index (χ1n) is 10.2. The maximum atomic E-state index is 11.5. The number of aliphatic hydroxyl groups is 1. The molecule has 0 radical (unpaired) electrons. The minimum atomic E-state index is -2.64. The molecule has 0 spiro atoms. The summed E-state index contributed by atoms with van der Waals surface area (Å²) in [6, 6.07) is 10.3. The number of benzene rings is 1. The van der Waals surface area contributed by atoms with Crippen LogP contribution in [0.1, 0.15) is 51.5 Å². The Labute approximate surface area is 177 Å². The van der Waals surface area contributed by atoms with Crippen molar-refractivity contribution in [2.45, 2.75) is 58.0 Å². The number of carboxylic acids is 2. The van der Waals surface area contributed by atoms with Gasteiger partial charge in [0.25, 0.3) is 6.47 Å². The molecule has 0 aliphatic rings. The van der Waals surface area contributed by atoms with E-state index in [-0.39, 0.29) is 12.9 Å². The molecule has 7 nitrogen and oxygen atoms in total. The number of hydrogen-bond acceptors (Lipinski definition) is 5. The Bertz CT molecular complexity index is 714. The van der Waals surface area contributed by atoms with Gasteiger partial charge < -0.3 is 20.1 Å². The summed E-state index contributed by atoms with van der Waals surface area (Å²) in [6.07, 6.45) is 6.04. The molecule has 166 valence electrons. The van der Waals surface area contributed by atoms with Crippen LogP contribution in [0.15, 0.2) is 42.0 Å². The number of ether oxygens (including phenoxy) is 1. The molecule has 30 heavy (non-hydrogen) atoms. The van der Waals surface area contributed by atoms with Crippen LogP contribution in [0.4, 0.5) is 0 Å². The number of aliphatic carboxylic acids is 2. The molecular weight excluding hydrogens is 388 g/mol. The fourth-order valence-corrected chi connectivity index (χ4v) is 3.58. The molecule has 1 aromatic rings. The highest BCUT2D eigenvalue weighted by Crippen LogP contribution is 2.26. The third-order valence-corrected chi connectivity index (χ3v) is 5.15. The van der Waals surface area contributed by atoms with Crippen LogP contribution in [-0.4, -0.2) is 45.9 Å². The molecule has 0 bridgehead atoms. The van der Waals surface area contributed by atoms with E-state index in [9.17, 15) is 29.7 Å². The zero-order valence-corrected chi connectivity index (χ0v) is 17.6. The van der Waals surface area contributed by atoms with Crippen LogP contribution in [0.5, 0.6) is 0 Å². The summed E-state index contributed by atoms with van der Waals surface area (Å²) in [6.45, 7) is 3.33. The molecular formula is C23H32O7. The van der Waals surface area contributed by atoms with E-state index in [0.29, 0.717) is 18.8 Å². The summed E-state index contributed by atoms with van der Waals surface area (Å²) in [7, 11) is 0. The predicted molar refractivity (Wildman–Crippen MR) is 112 cm³/mol. The minimum absolute atomic E-state index is 0.0132. The summed E-state index contributed by atoms with van der Waals surface area (Å²) >= 11 is 0. The van der Waals surface area contributed by atoms with Gasteiger partial charge in [0.05, 0.1) is 5.92 Å². The highest BCUT2D eigenvalue weighted by molar-refractivity contribution is 5.85. The molecule has 0 saturated heterocycles. The molecule has 0 aromatic heterocycles. The Hall–Kier alpha value is -2.67. The molecule has 1 rings (SSSR count). The van der Waals surface area contributed by atoms with Crippen molar-refractivity contribution in [3.63, 3.8) is 0 Å². The van der Waals surface area contributed by atoms with Crippen LogP contribution in [0, 0.1) is 11.8 Å². The van der Waals surface area contributed by atoms with Gasteiger partial charge in [-0.1, -0.05) is 61.7 Å². The summed E-state index contributed by atoms with van der Waals surface area (Å²) < 4.78 is 4.35. The topological polar surface area (TPSA) is 121 Å². The van der Waals surface area contributed by atoms with E-state index in [1.165, 1.54) is 11.1 Å². The van der Waals surface area contributed by atoms with Crippen LogP contribution in [0.25, 0.3) is 0 Å². The number of carbonyl (C=O) groups is 3. The molecule has 1 aromatic carbocycles. The number of unbranched alkanes of at least 4 members (excludes halogenated alkanes) is 2. The van der Waals surface area contributed by atoms with Crippen LogP contribution < -0.4 is 0 Å². The predicted octanol–water partition coefficient (Wildman–Crippen LogP) is 3.45. The van der Waals surface area contributed by atoms with Crippen LogP contribution in [0.3, 0.4) is 0 Å². The molecule has 0 heterocycles. The average Bonchev–Trinajstić information content (AvgIpc) is 2.69. The first-order valence-corrected chi connectivity index (χ1v) is 10.2. The lowest BCUT2D eigenvalue weighted by atomic mass is 9.83. The monoisotopic (exact) mass is 420 g/mol. The second-order valence-electron chi connectivity index (χ2n) is 7.81. The van der Waals surface area contributed by atoms with E-state index in [0.717, 1.165) is 19.3 Å². The van der Waals surface area contributed by atoms with Gasteiger partial charge in [0.1, 0.15) is 6.61 Å². The van der Waals surface area contributed by atoms with E-state index in [1.54, 1.807) is 0 Å². The molecule has 3 N–H and O–H groups in total. The van der Waals surface area contributed by atoms with Gasteiger partial charge in [-0.05, 0) is 44.1 Å². The second kappa shape index (κ2) is 12.8. The van der Waals surface area contributed by atoms with Crippen molar-refractivity contribution in [2.75, 3.05) is 6.61 Å². The Kier molecular flexibility index (Phi) is 10.8. The van der Waals surface area contributed by atoms with E-state index in [2.05, 4.69) is 36.8 Å². The van der Waals surface area contributed by atoms with Crippen molar-refractivity contribution in [1.29, 1.82) is 0 Å². The zero-order chi connectivity index (χ0) is 22.6. The third-order valence-electron chi connectivity index (χ3n) is 5.15. The number of carbonyl (C=O) groups excluding carboxylic acids is 1. The molecule has 7 heteroatoms. The first kappa shape index (κ1) is 25.4. The quantitative estimate of drug-likeness (QED) is 0.226. The van der Waals surface area contributed by atoms with Crippen molar-refractivity contribution >= 4 is 18.4 Å². The van der Waals surface area contributed by atoms with E-state index in [1.807, 2.05) is 18.2 Å². The Morgan fingerprint density at radius 3 is 2.37 bits per heavy atom. The van der Waals surface area contributed by atoms with Gasteiger partial charge in [0, 0.05) is 0 Å². The highest BCUT2D eigenvalue weighted by atomic mass is 16.5. The maximum absolute atomic E-state index is 11.5. The lowest BCUT2D eigenvalue weighted by Gasteiger charge is -2.28. The van der Waals surface area contributed by atoms with E-state index >= 15 is 0 Å². The number of rotatable bonds is 15. The van der Waals surface area contributed by atoms with Gasteiger partial charge in [-0.3, -0.25) is 9.59 Å². The normalized spacial score (nSPS) is 15.6. The summed E-state index contributed by atoms with van der Waals surface area (Å²) in [5.74, 6) is -4.30. The van der Waals surface area contributed by atoms with Crippen molar-refractivity contribution < 1.29 is 34.4 Å². The van der Waals surface area contributed by atoms with E-state index in [4.69, 9.17) is 0 Å². The van der Waals surface area contributed by atoms with Crippen LogP contribution in [-0.2, 0) is 25.5 Å². The largest absolute Gasteiger partial charge is 0.481 e. The molecule has 0 fully saturated rings. The first-order chi connectivity index (χ1) is 14.2. The van der Waals surface area contributed by atoms with Gasteiger partial charge in [0.2, 0.25) is 5.60 Å². The lowest BCUT2D eigenvalue weighted by Crippen LogP contribution is -2.52. The van der Waals surface area contributed by atoms with Gasteiger partial charge in [-0.25, -0.2) is 4.79 Å². The SMILES string of the molecule is C/C(=C\C(C)Cc1ccccc1)CCCCCC(C(=O)O)C(O)(COC=O)C(=O)O. The number of allylic oxidation sites excluding steroid dienone is 2. The van der Waals surface area contributed by atoms with Crippen LogP contribution in [0.2, 0.25) is 0 Å². The van der Waals surface area contributed by atoms with Gasteiger partial charge >= 0.3 is 11.9 Å².